The van der Waals surface area contributed by atoms with Gasteiger partial charge in [-0.1, -0.05) is 18.2 Å². The van der Waals surface area contributed by atoms with Crippen LogP contribution in [0.25, 0.3) is 10.1 Å². The number of hydrogen-bond donors (Lipinski definition) is 1. The van der Waals surface area contributed by atoms with Crippen LogP contribution >= 0.6 is 11.3 Å². The molecule has 0 fully saturated rings. The summed E-state index contributed by atoms with van der Waals surface area (Å²) in [5, 5.41) is 12.0. The Labute approximate surface area is 108 Å². The molecule has 4 nitrogen and oxygen atoms in total. The molecule has 0 radical (unpaired) electrons. The molecule has 5 heteroatoms. The Morgan fingerprint density at radius 1 is 1.33 bits per heavy atom. The molecule has 1 N–H and O–H groups in total. The highest BCUT2D eigenvalue weighted by atomic mass is 32.1. The number of nitrogens with zero attached hydrogens (tertiary/aromatic N) is 1. The minimum atomic E-state index is -1.02. The van der Waals surface area contributed by atoms with Crippen molar-refractivity contribution in [1.29, 1.82) is 0 Å². The first-order valence-electron chi connectivity index (χ1n) is 5.44. The van der Waals surface area contributed by atoms with E-state index in [1.54, 1.807) is 0 Å². The molecule has 1 atom stereocenters. The molecule has 18 heavy (non-hydrogen) atoms. The Kier molecular flexibility index (Phi) is 3.34. The number of aliphatic carboxylic acids is 1. The first kappa shape index (κ1) is 12.6. The van der Waals surface area contributed by atoms with Crippen molar-refractivity contribution < 1.29 is 14.7 Å². The molecule has 1 amide bonds. The Bertz CT molecular complexity index is 605. The Morgan fingerprint density at radius 3 is 2.61 bits per heavy atom. The zero-order valence-electron chi connectivity index (χ0n) is 10.1. The van der Waals surface area contributed by atoms with E-state index in [1.165, 1.54) is 30.2 Å². The van der Waals surface area contributed by atoms with Crippen molar-refractivity contribution in [1.82, 2.24) is 4.90 Å². The smallest absolute Gasteiger partial charge is 0.331 e. The van der Waals surface area contributed by atoms with Gasteiger partial charge in [-0.2, -0.15) is 0 Å². The van der Waals surface area contributed by atoms with Gasteiger partial charge in [0.15, 0.2) is 6.04 Å². The van der Waals surface area contributed by atoms with Crippen molar-refractivity contribution in [3.05, 3.63) is 35.2 Å². The number of thiophene rings is 1. The van der Waals surface area contributed by atoms with Crippen molar-refractivity contribution in [2.45, 2.75) is 13.0 Å². The van der Waals surface area contributed by atoms with Gasteiger partial charge in [-0.25, -0.2) is 4.79 Å². The molecule has 0 spiro atoms. The second kappa shape index (κ2) is 4.78. The fourth-order valence-corrected chi connectivity index (χ4v) is 2.88. The predicted octanol–water partition coefficient (Wildman–Crippen LogP) is 2.51. The van der Waals surface area contributed by atoms with E-state index in [0.717, 1.165) is 10.1 Å². The van der Waals surface area contributed by atoms with Gasteiger partial charge in [0.25, 0.3) is 0 Å². The molecule has 1 aromatic carbocycles. The number of benzene rings is 1. The van der Waals surface area contributed by atoms with E-state index in [0.29, 0.717) is 5.56 Å². The van der Waals surface area contributed by atoms with E-state index in [2.05, 4.69) is 0 Å². The number of likely N-dealkylation sites (N-methyl/N-ethyl adjacent to an activating group) is 1. The first-order valence-corrected chi connectivity index (χ1v) is 6.32. The zero-order valence-corrected chi connectivity index (χ0v) is 10.9. The summed E-state index contributed by atoms with van der Waals surface area (Å²) in [4.78, 5) is 24.0. The van der Waals surface area contributed by atoms with Crippen LogP contribution in [0, 0.1) is 0 Å². The lowest BCUT2D eigenvalue weighted by molar-refractivity contribution is -0.148. The number of fused-ring (bicyclic) bond motifs is 1. The molecular weight excluding hydrogens is 250 g/mol. The number of carbonyl (C=O) groups excluding carboxylic acids is 1. The van der Waals surface area contributed by atoms with E-state index in [4.69, 9.17) is 0 Å². The monoisotopic (exact) mass is 263 g/mol. The van der Waals surface area contributed by atoms with Gasteiger partial charge in [-0.15, -0.1) is 11.3 Å². The summed E-state index contributed by atoms with van der Waals surface area (Å²) in [5.74, 6) is -1.28. The van der Waals surface area contributed by atoms with Gasteiger partial charge in [0, 0.05) is 24.2 Å². The first-order chi connectivity index (χ1) is 8.52. The second-order valence-corrected chi connectivity index (χ2v) is 4.97. The Balaban J connectivity index is 2.55. The Hall–Kier alpha value is -1.88. The third-order valence-electron chi connectivity index (χ3n) is 2.92. The highest BCUT2D eigenvalue weighted by Crippen LogP contribution is 2.32. The standard InChI is InChI=1S/C13H13NO3S/c1-8(15)14(2)12(13(16)17)10-7-18-11-6-4-3-5-9(10)11/h3-7,12H,1-2H3,(H,16,17). The normalized spacial score (nSPS) is 12.3. The molecule has 2 aromatic rings. The zero-order chi connectivity index (χ0) is 13.3. The summed E-state index contributed by atoms with van der Waals surface area (Å²) >= 11 is 1.49. The maximum atomic E-state index is 11.4. The summed E-state index contributed by atoms with van der Waals surface area (Å²) in [5.41, 5.74) is 0.667. The van der Waals surface area contributed by atoms with E-state index < -0.39 is 12.0 Å². The third-order valence-corrected chi connectivity index (χ3v) is 3.91. The lowest BCUT2D eigenvalue weighted by Gasteiger charge is -2.23. The van der Waals surface area contributed by atoms with E-state index in [9.17, 15) is 14.7 Å². The summed E-state index contributed by atoms with van der Waals surface area (Å²) in [6.07, 6.45) is 0. The molecular formula is C13H13NO3S. The maximum absolute atomic E-state index is 11.4. The number of rotatable bonds is 3. The van der Waals surface area contributed by atoms with Crippen molar-refractivity contribution in [3.8, 4) is 0 Å². The molecule has 94 valence electrons. The molecule has 1 aromatic heterocycles. The molecule has 1 unspecified atom stereocenters. The van der Waals surface area contributed by atoms with Crippen LogP contribution in [0.2, 0.25) is 0 Å². The lowest BCUT2D eigenvalue weighted by Crippen LogP contribution is -2.34. The van der Waals surface area contributed by atoms with Crippen molar-refractivity contribution in [2.75, 3.05) is 7.05 Å². The van der Waals surface area contributed by atoms with Crippen LogP contribution in [0.1, 0.15) is 18.5 Å². The van der Waals surface area contributed by atoms with Crippen LogP contribution in [0.15, 0.2) is 29.6 Å². The number of carboxylic acids is 1. The fourth-order valence-electron chi connectivity index (χ4n) is 1.90. The topological polar surface area (TPSA) is 57.6 Å². The molecule has 0 aliphatic heterocycles. The lowest BCUT2D eigenvalue weighted by atomic mass is 10.0. The average Bonchev–Trinajstić information content (AvgIpc) is 2.73. The van der Waals surface area contributed by atoms with Crippen LogP contribution in [-0.4, -0.2) is 28.9 Å². The molecule has 0 aliphatic carbocycles. The van der Waals surface area contributed by atoms with Gasteiger partial charge in [0.05, 0.1) is 0 Å². The van der Waals surface area contributed by atoms with Gasteiger partial charge in [0.2, 0.25) is 5.91 Å². The highest BCUT2D eigenvalue weighted by molar-refractivity contribution is 7.17. The van der Waals surface area contributed by atoms with Gasteiger partial charge < -0.3 is 10.0 Å². The highest BCUT2D eigenvalue weighted by Gasteiger charge is 2.28. The summed E-state index contributed by atoms with van der Waals surface area (Å²) in [6.45, 7) is 1.37. The van der Waals surface area contributed by atoms with Crippen LogP contribution < -0.4 is 0 Å². The van der Waals surface area contributed by atoms with E-state index >= 15 is 0 Å². The number of carboxylic acid groups (broad SMARTS) is 1. The van der Waals surface area contributed by atoms with Gasteiger partial charge in [-0.3, -0.25) is 4.79 Å². The second-order valence-electron chi connectivity index (χ2n) is 4.06. The molecule has 0 aliphatic rings. The molecule has 2 rings (SSSR count). The summed E-state index contributed by atoms with van der Waals surface area (Å²) < 4.78 is 1.02. The van der Waals surface area contributed by atoms with Gasteiger partial charge in [-0.05, 0) is 16.8 Å². The van der Waals surface area contributed by atoms with Crippen LogP contribution in [0.4, 0.5) is 0 Å². The van der Waals surface area contributed by atoms with Crippen LogP contribution in [0.3, 0.4) is 0 Å². The maximum Gasteiger partial charge on any atom is 0.331 e. The van der Waals surface area contributed by atoms with E-state index in [-0.39, 0.29) is 5.91 Å². The third kappa shape index (κ3) is 2.09. The van der Waals surface area contributed by atoms with Crippen molar-refractivity contribution in [2.24, 2.45) is 0 Å². The fraction of sp³-hybridized carbons (Fsp3) is 0.231. The van der Waals surface area contributed by atoms with Crippen LogP contribution in [0.5, 0.6) is 0 Å². The minimum Gasteiger partial charge on any atom is -0.479 e. The quantitative estimate of drug-likeness (QED) is 0.925. The molecule has 0 saturated heterocycles. The van der Waals surface area contributed by atoms with Crippen LogP contribution in [-0.2, 0) is 9.59 Å². The Morgan fingerprint density at radius 2 is 2.00 bits per heavy atom. The average molecular weight is 263 g/mol. The summed E-state index contributed by atoms with van der Waals surface area (Å²) in [7, 11) is 1.51. The van der Waals surface area contributed by atoms with E-state index in [1.807, 2.05) is 29.6 Å². The minimum absolute atomic E-state index is 0.266. The predicted molar refractivity (Wildman–Crippen MR) is 70.6 cm³/mol. The van der Waals surface area contributed by atoms with Gasteiger partial charge in [0.1, 0.15) is 0 Å². The molecule has 0 bridgehead atoms. The van der Waals surface area contributed by atoms with Crippen molar-refractivity contribution >= 4 is 33.3 Å². The molecule has 0 saturated carbocycles. The van der Waals surface area contributed by atoms with Crippen molar-refractivity contribution in [3.63, 3.8) is 0 Å². The number of hydrogen-bond acceptors (Lipinski definition) is 3. The summed E-state index contributed by atoms with van der Waals surface area (Å²) in [6, 6.07) is 6.66. The molecule has 1 heterocycles. The largest absolute Gasteiger partial charge is 0.479 e. The number of carbonyl (C=O) groups is 2. The number of amides is 1. The SMILES string of the molecule is CC(=O)N(C)C(C(=O)O)c1csc2ccccc12. The van der Waals surface area contributed by atoms with Gasteiger partial charge >= 0.3 is 5.97 Å².